The van der Waals surface area contributed by atoms with Crippen molar-refractivity contribution in [2.24, 2.45) is 0 Å². The summed E-state index contributed by atoms with van der Waals surface area (Å²) < 4.78 is 9.68. The Morgan fingerprint density at radius 3 is 2.16 bits per heavy atom. The molecule has 0 spiro atoms. The van der Waals surface area contributed by atoms with E-state index in [-0.39, 0.29) is 19.8 Å². The minimum absolute atomic E-state index is 0.0214. The van der Waals surface area contributed by atoms with Gasteiger partial charge in [0, 0.05) is 6.54 Å². The summed E-state index contributed by atoms with van der Waals surface area (Å²) in [6.07, 6.45) is -1.88. The molecule has 0 saturated carbocycles. The van der Waals surface area contributed by atoms with E-state index in [1.165, 1.54) is 0 Å². The van der Waals surface area contributed by atoms with Gasteiger partial charge < -0.3 is 19.5 Å². The van der Waals surface area contributed by atoms with Gasteiger partial charge in [-0.3, -0.25) is 4.79 Å². The monoisotopic (exact) mass is 371 g/mol. The normalized spacial score (nSPS) is 12.8. The number of halogens is 1. The molecule has 1 N–H and O–H groups in total. The number of aliphatic hydroxyl groups is 1. The number of hydrogen-bond donors (Lipinski definition) is 1. The van der Waals surface area contributed by atoms with Crippen molar-refractivity contribution in [1.29, 1.82) is 0 Å². The van der Waals surface area contributed by atoms with Crippen molar-refractivity contribution in [3.05, 3.63) is 35.9 Å². The van der Waals surface area contributed by atoms with Gasteiger partial charge in [-0.05, 0) is 19.4 Å². The van der Waals surface area contributed by atoms with Crippen LogP contribution in [-0.4, -0.2) is 59.1 Å². The number of benzene rings is 1. The molecule has 7 nitrogen and oxygen atoms in total. The Morgan fingerprint density at radius 1 is 1.08 bits per heavy atom. The molecule has 0 aromatic heterocycles. The van der Waals surface area contributed by atoms with E-state index in [0.29, 0.717) is 5.56 Å². The summed E-state index contributed by atoms with van der Waals surface area (Å²) in [6, 6.07) is 7.26. The Morgan fingerprint density at radius 2 is 1.64 bits per heavy atom. The molecule has 0 aliphatic heterocycles. The van der Waals surface area contributed by atoms with Crippen LogP contribution in [0.25, 0.3) is 0 Å². The van der Waals surface area contributed by atoms with Crippen LogP contribution >= 0.6 is 11.6 Å². The van der Waals surface area contributed by atoms with E-state index in [1.54, 1.807) is 44.2 Å². The summed E-state index contributed by atoms with van der Waals surface area (Å²) in [4.78, 5) is 37.5. The van der Waals surface area contributed by atoms with Crippen LogP contribution in [0.5, 0.6) is 0 Å². The van der Waals surface area contributed by atoms with Crippen molar-refractivity contribution in [3.8, 4) is 0 Å². The van der Waals surface area contributed by atoms with Gasteiger partial charge in [-0.25, -0.2) is 9.59 Å². The molecule has 0 bridgehead atoms. The Hall–Kier alpha value is -2.12. The van der Waals surface area contributed by atoms with Crippen LogP contribution < -0.4 is 0 Å². The third kappa shape index (κ3) is 6.03. The fourth-order valence-corrected chi connectivity index (χ4v) is 2.36. The van der Waals surface area contributed by atoms with Gasteiger partial charge in [-0.1, -0.05) is 30.3 Å². The van der Waals surface area contributed by atoms with Gasteiger partial charge in [0.1, 0.15) is 5.88 Å². The van der Waals surface area contributed by atoms with E-state index in [0.717, 1.165) is 4.90 Å². The molecule has 2 atom stereocenters. The largest absolute Gasteiger partial charge is 0.464 e. The van der Waals surface area contributed by atoms with E-state index in [1.807, 2.05) is 0 Å². The summed E-state index contributed by atoms with van der Waals surface area (Å²) in [6.45, 7) is 3.17. The minimum Gasteiger partial charge on any atom is -0.464 e. The van der Waals surface area contributed by atoms with Crippen molar-refractivity contribution in [2.45, 2.75) is 32.5 Å². The van der Waals surface area contributed by atoms with Gasteiger partial charge in [0.2, 0.25) is 5.91 Å². The number of rotatable bonds is 9. The Kier molecular flexibility index (Phi) is 8.94. The lowest BCUT2D eigenvalue weighted by atomic mass is 10.1. The fourth-order valence-electron chi connectivity index (χ4n) is 2.21. The van der Waals surface area contributed by atoms with Crippen molar-refractivity contribution in [2.75, 3.05) is 19.1 Å². The zero-order valence-corrected chi connectivity index (χ0v) is 14.9. The molecule has 8 heteroatoms. The third-order valence-corrected chi connectivity index (χ3v) is 3.55. The number of amides is 1. The first-order valence-corrected chi connectivity index (χ1v) is 8.40. The second-order valence-electron chi connectivity index (χ2n) is 5.03. The highest BCUT2D eigenvalue weighted by Crippen LogP contribution is 2.15. The molecule has 0 fully saturated rings. The summed E-state index contributed by atoms with van der Waals surface area (Å²) >= 11 is 5.64. The van der Waals surface area contributed by atoms with Gasteiger partial charge in [0.15, 0.2) is 12.1 Å². The number of aliphatic hydroxyl groups excluding tert-OH is 1. The number of esters is 2. The van der Waals surface area contributed by atoms with Gasteiger partial charge >= 0.3 is 11.9 Å². The summed E-state index contributed by atoms with van der Waals surface area (Å²) in [5, 5.41) is 10.3. The summed E-state index contributed by atoms with van der Waals surface area (Å²) in [5.41, 5.74) is 0.700. The second-order valence-corrected chi connectivity index (χ2v) is 5.30. The quantitative estimate of drug-likeness (QED) is 0.516. The van der Waals surface area contributed by atoms with E-state index >= 15 is 0 Å². The highest BCUT2D eigenvalue weighted by molar-refractivity contribution is 6.27. The lowest BCUT2D eigenvalue weighted by Gasteiger charge is -2.32. The first-order valence-electron chi connectivity index (χ1n) is 7.86. The van der Waals surface area contributed by atoms with Crippen LogP contribution in [0.1, 0.15) is 19.4 Å². The molecule has 0 aliphatic carbocycles. The number of carbonyl (C=O) groups excluding carboxylic acids is 3. The van der Waals surface area contributed by atoms with Gasteiger partial charge in [-0.2, -0.15) is 0 Å². The van der Waals surface area contributed by atoms with E-state index < -0.39 is 35.9 Å². The van der Waals surface area contributed by atoms with Crippen LogP contribution in [0.4, 0.5) is 0 Å². The highest BCUT2D eigenvalue weighted by Gasteiger charge is 2.41. The number of nitrogens with zero attached hydrogens (tertiary/aromatic N) is 1. The third-order valence-electron chi connectivity index (χ3n) is 3.32. The molecule has 1 aromatic carbocycles. The number of carbonyl (C=O) groups is 3. The van der Waals surface area contributed by atoms with Crippen LogP contribution in [0, 0.1) is 0 Å². The molecule has 0 radical (unpaired) electrons. The zero-order chi connectivity index (χ0) is 18.8. The highest BCUT2D eigenvalue weighted by atomic mass is 35.5. The summed E-state index contributed by atoms with van der Waals surface area (Å²) in [5.74, 6) is -2.96. The number of alkyl halides is 1. The molecule has 1 rings (SSSR count). The SMILES string of the molecule is CCOC(=O)[C@@H](O)[C@H](C(=O)OCC)N(Cc1ccccc1)C(=O)CCl. The summed E-state index contributed by atoms with van der Waals surface area (Å²) in [7, 11) is 0. The van der Waals surface area contributed by atoms with Crippen LogP contribution in [0.15, 0.2) is 30.3 Å². The van der Waals surface area contributed by atoms with Gasteiger partial charge in [0.05, 0.1) is 13.2 Å². The number of hydrogen-bond acceptors (Lipinski definition) is 6. The van der Waals surface area contributed by atoms with E-state index in [2.05, 4.69) is 0 Å². The fraction of sp³-hybridized carbons (Fsp3) is 0.471. The number of ether oxygens (including phenoxy) is 2. The van der Waals surface area contributed by atoms with Crippen molar-refractivity contribution in [3.63, 3.8) is 0 Å². The molecule has 0 saturated heterocycles. The molecular formula is C17H22ClNO6. The Labute approximate surface area is 151 Å². The lowest BCUT2D eigenvalue weighted by Crippen LogP contribution is -2.55. The van der Waals surface area contributed by atoms with E-state index in [9.17, 15) is 19.5 Å². The van der Waals surface area contributed by atoms with Crippen LogP contribution in [0.2, 0.25) is 0 Å². The molecule has 0 aliphatic rings. The molecule has 138 valence electrons. The van der Waals surface area contributed by atoms with Crippen molar-refractivity contribution >= 4 is 29.4 Å². The lowest BCUT2D eigenvalue weighted by molar-refractivity contribution is -0.171. The molecule has 0 heterocycles. The average molecular weight is 372 g/mol. The topological polar surface area (TPSA) is 93.1 Å². The van der Waals surface area contributed by atoms with Crippen molar-refractivity contribution in [1.82, 2.24) is 4.90 Å². The van der Waals surface area contributed by atoms with Crippen molar-refractivity contribution < 1.29 is 29.0 Å². The van der Waals surface area contributed by atoms with Gasteiger partial charge in [-0.15, -0.1) is 11.6 Å². The smallest absolute Gasteiger partial charge is 0.337 e. The standard InChI is InChI=1S/C17H22ClNO6/c1-3-24-16(22)14(15(21)17(23)25-4-2)19(13(20)10-18)11-12-8-6-5-7-9-12/h5-9,14-15,21H,3-4,10-11H2,1-2H3/t14-,15+/m1/s1. The van der Waals surface area contributed by atoms with Crippen LogP contribution in [-0.2, 0) is 30.4 Å². The van der Waals surface area contributed by atoms with Gasteiger partial charge in [0.25, 0.3) is 0 Å². The molecule has 0 unspecified atom stereocenters. The minimum atomic E-state index is -1.88. The first-order chi connectivity index (χ1) is 12.0. The molecular weight excluding hydrogens is 350 g/mol. The maximum absolute atomic E-state index is 12.3. The maximum atomic E-state index is 12.3. The zero-order valence-electron chi connectivity index (χ0n) is 14.2. The predicted molar refractivity (Wildman–Crippen MR) is 90.8 cm³/mol. The molecule has 1 aromatic rings. The predicted octanol–water partition coefficient (Wildman–Crippen LogP) is 1.11. The molecule has 1 amide bonds. The Bertz CT molecular complexity index is 580. The van der Waals surface area contributed by atoms with E-state index in [4.69, 9.17) is 21.1 Å². The Balaban J connectivity index is 3.19. The first kappa shape index (κ1) is 20.9. The molecule has 25 heavy (non-hydrogen) atoms. The van der Waals surface area contributed by atoms with Crippen LogP contribution in [0.3, 0.4) is 0 Å². The second kappa shape index (κ2) is 10.7. The maximum Gasteiger partial charge on any atom is 0.337 e. The average Bonchev–Trinajstić information content (AvgIpc) is 2.61.